The Morgan fingerprint density at radius 2 is 2.00 bits per heavy atom. The Morgan fingerprint density at radius 3 is 2.55 bits per heavy atom. The highest BCUT2D eigenvalue weighted by molar-refractivity contribution is 7.89. The van der Waals surface area contributed by atoms with Crippen molar-refractivity contribution in [2.45, 2.75) is 32.4 Å². The van der Waals surface area contributed by atoms with E-state index in [4.69, 9.17) is 9.68 Å². The summed E-state index contributed by atoms with van der Waals surface area (Å²) in [4.78, 5) is 16.1. The van der Waals surface area contributed by atoms with Crippen LogP contribution in [0.4, 0.5) is 13.6 Å². The number of amides is 1. The van der Waals surface area contributed by atoms with Gasteiger partial charge in [0.05, 0.1) is 12.1 Å². The molecule has 0 fully saturated rings. The molecule has 33 heavy (non-hydrogen) atoms. The van der Waals surface area contributed by atoms with Crippen LogP contribution in [0, 0.1) is 28.5 Å². The molecule has 0 bridgehead atoms. The zero-order valence-corrected chi connectivity index (χ0v) is 18.7. The van der Waals surface area contributed by atoms with Crippen LogP contribution >= 0.6 is 0 Å². The van der Waals surface area contributed by atoms with E-state index >= 15 is 4.39 Å². The minimum Gasteiger partial charge on any atom is -0.465 e. The molecule has 0 aliphatic carbocycles. The Balaban J connectivity index is 2.22. The van der Waals surface area contributed by atoms with Crippen molar-refractivity contribution in [3.8, 4) is 17.3 Å². The molecule has 9 nitrogen and oxygen atoms in total. The molecule has 0 aromatic carbocycles. The largest absolute Gasteiger partial charge is 0.465 e. The molecule has 0 radical (unpaired) electrons. The smallest absolute Gasteiger partial charge is 0.407 e. The molecule has 3 aromatic heterocycles. The number of carboxylic acid groups (broad SMARTS) is 1. The van der Waals surface area contributed by atoms with Gasteiger partial charge in [-0.25, -0.2) is 18.1 Å². The number of rotatable bonds is 6. The fraction of sp³-hybridized carbons (Fsp3) is 0.286. The van der Waals surface area contributed by atoms with Crippen molar-refractivity contribution in [3.05, 3.63) is 59.7 Å². The third-order valence-electron chi connectivity index (χ3n) is 4.50. The molecule has 0 saturated heterocycles. The normalized spacial score (nSPS) is 11.9. The first-order chi connectivity index (χ1) is 15.3. The van der Waals surface area contributed by atoms with Gasteiger partial charge < -0.3 is 14.4 Å². The zero-order chi connectivity index (χ0) is 24.6. The highest BCUT2D eigenvalue weighted by Gasteiger charge is 2.32. The molecule has 12 heteroatoms. The van der Waals surface area contributed by atoms with Gasteiger partial charge in [0, 0.05) is 24.5 Å². The van der Waals surface area contributed by atoms with Crippen LogP contribution in [-0.4, -0.2) is 40.0 Å². The predicted molar refractivity (Wildman–Crippen MR) is 111 cm³/mol. The van der Waals surface area contributed by atoms with Crippen molar-refractivity contribution in [2.24, 2.45) is 5.41 Å². The van der Waals surface area contributed by atoms with E-state index in [1.807, 2.05) is 0 Å². The Labute approximate surface area is 188 Å². The fourth-order valence-corrected chi connectivity index (χ4v) is 4.51. The van der Waals surface area contributed by atoms with Crippen LogP contribution in [0.5, 0.6) is 0 Å². The van der Waals surface area contributed by atoms with Gasteiger partial charge in [-0.15, -0.1) is 0 Å². The highest BCUT2D eigenvalue weighted by Crippen LogP contribution is 2.33. The number of halogens is 2. The van der Waals surface area contributed by atoms with Crippen molar-refractivity contribution in [3.63, 3.8) is 0 Å². The lowest BCUT2D eigenvalue weighted by atomic mass is 9.96. The van der Waals surface area contributed by atoms with Crippen LogP contribution < -0.4 is 0 Å². The summed E-state index contributed by atoms with van der Waals surface area (Å²) in [5, 5.41) is 17.8. The third-order valence-corrected chi connectivity index (χ3v) is 6.03. The average molecular weight is 478 g/mol. The summed E-state index contributed by atoms with van der Waals surface area (Å²) in [5.74, 6) is -2.55. The van der Waals surface area contributed by atoms with Gasteiger partial charge in [-0.2, -0.15) is 18.1 Å². The first-order valence-corrected chi connectivity index (χ1v) is 11.0. The molecule has 174 valence electrons. The number of furan rings is 1. The number of aromatic nitrogens is 2. The lowest BCUT2D eigenvalue weighted by molar-refractivity contribution is 0.122. The summed E-state index contributed by atoms with van der Waals surface area (Å²) in [5.41, 5.74) is -1.89. The minimum atomic E-state index is -4.62. The first-order valence-electron chi connectivity index (χ1n) is 9.59. The maximum absolute atomic E-state index is 15.6. The molecule has 1 amide bonds. The molecule has 0 saturated carbocycles. The second-order valence-corrected chi connectivity index (χ2v) is 10.1. The van der Waals surface area contributed by atoms with E-state index in [0.717, 1.165) is 35.5 Å². The number of carbonyl (C=O) groups is 1. The second-order valence-electron chi connectivity index (χ2n) is 8.39. The van der Waals surface area contributed by atoms with Crippen LogP contribution in [0.25, 0.3) is 11.3 Å². The van der Waals surface area contributed by atoms with Gasteiger partial charge in [0.2, 0.25) is 16.8 Å². The van der Waals surface area contributed by atoms with Gasteiger partial charge in [0.15, 0.2) is 5.82 Å². The van der Waals surface area contributed by atoms with Crippen molar-refractivity contribution >= 4 is 16.1 Å². The standard InChI is InChI=1S/C21H20F2N4O5S/c1-21(2,3)12-26(20(28)29)10-13-11-27(33(30,31)16-7-6-14(9-24)32-16)18(17(13)22)15-5-4-8-25-19(15)23/h4-8,11H,10,12H2,1-3H3,(H,28,29). The monoisotopic (exact) mass is 478 g/mol. The Hall–Kier alpha value is -3.72. The summed E-state index contributed by atoms with van der Waals surface area (Å²) in [6, 6.07) is 6.22. The maximum Gasteiger partial charge on any atom is 0.407 e. The molecule has 0 unspecified atom stereocenters. The quantitative estimate of drug-likeness (QED) is 0.529. The Bertz CT molecular complexity index is 1350. The van der Waals surface area contributed by atoms with Crippen LogP contribution in [0.2, 0.25) is 0 Å². The van der Waals surface area contributed by atoms with Gasteiger partial charge in [0.1, 0.15) is 11.8 Å². The SMILES string of the molecule is CC(C)(C)CN(Cc1cn(S(=O)(=O)c2ccc(C#N)o2)c(-c2cccnc2F)c1F)C(=O)O. The molecule has 0 aliphatic heterocycles. The predicted octanol–water partition coefficient (Wildman–Crippen LogP) is 4.06. The summed E-state index contributed by atoms with van der Waals surface area (Å²) in [6.07, 6.45) is 0.652. The summed E-state index contributed by atoms with van der Waals surface area (Å²) in [7, 11) is -4.62. The zero-order valence-electron chi connectivity index (χ0n) is 17.9. The van der Waals surface area contributed by atoms with Crippen LogP contribution in [-0.2, 0) is 16.6 Å². The lowest BCUT2D eigenvalue weighted by Gasteiger charge is -2.27. The van der Waals surface area contributed by atoms with Gasteiger partial charge in [0.25, 0.3) is 0 Å². The molecule has 0 aliphatic rings. The third kappa shape index (κ3) is 4.88. The van der Waals surface area contributed by atoms with Crippen LogP contribution in [0.3, 0.4) is 0 Å². The van der Waals surface area contributed by atoms with E-state index in [1.54, 1.807) is 26.8 Å². The molecular weight excluding hydrogens is 458 g/mol. The van der Waals surface area contributed by atoms with Gasteiger partial charge >= 0.3 is 16.1 Å². The number of hydrogen-bond donors (Lipinski definition) is 1. The van der Waals surface area contributed by atoms with E-state index in [9.17, 15) is 22.7 Å². The molecule has 0 spiro atoms. The van der Waals surface area contributed by atoms with Gasteiger partial charge in [-0.3, -0.25) is 0 Å². The summed E-state index contributed by atoms with van der Waals surface area (Å²) in [6.45, 7) is 4.90. The van der Waals surface area contributed by atoms with Gasteiger partial charge in [-0.1, -0.05) is 20.8 Å². The van der Waals surface area contributed by atoms with Crippen molar-refractivity contribution < 1.29 is 31.5 Å². The van der Waals surface area contributed by atoms with Crippen LogP contribution in [0.1, 0.15) is 32.1 Å². The van der Waals surface area contributed by atoms with E-state index in [-0.39, 0.29) is 17.9 Å². The number of pyridine rings is 1. The van der Waals surface area contributed by atoms with Crippen molar-refractivity contribution in [1.29, 1.82) is 5.26 Å². The maximum atomic E-state index is 15.6. The van der Waals surface area contributed by atoms with Crippen molar-refractivity contribution in [1.82, 2.24) is 13.9 Å². The lowest BCUT2D eigenvalue weighted by Crippen LogP contribution is -2.36. The fourth-order valence-electron chi connectivity index (χ4n) is 3.20. The second kappa shape index (κ2) is 8.67. The number of hydrogen-bond acceptors (Lipinski definition) is 6. The number of nitrogens with zero attached hydrogens (tertiary/aromatic N) is 4. The molecular formula is C21H20F2N4O5S. The van der Waals surface area contributed by atoms with Crippen molar-refractivity contribution in [2.75, 3.05) is 6.54 Å². The van der Waals surface area contributed by atoms with Gasteiger partial charge in [-0.05, 0) is 29.7 Å². The topological polar surface area (TPSA) is 129 Å². The first kappa shape index (κ1) is 23.9. The highest BCUT2D eigenvalue weighted by atomic mass is 32.2. The van der Waals surface area contributed by atoms with E-state index in [0.29, 0.717) is 3.97 Å². The minimum absolute atomic E-state index is 0.0278. The summed E-state index contributed by atoms with van der Waals surface area (Å²) >= 11 is 0. The molecule has 1 N–H and O–H groups in total. The Morgan fingerprint density at radius 1 is 1.30 bits per heavy atom. The Kier molecular flexibility index (Phi) is 6.29. The number of nitriles is 1. The van der Waals surface area contributed by atoms with E-state index in [1.165, 1.54) is 6.07 Å². The molecule has 3 rings (SSSR count). The van der Waals surface area contributed by atoms with Crippen LogP contribution in [0.15, 0.2) is 46.2 Å². The molecule has 3 heterocycles. The molecule has 0 atom stereocenters. The molecule has 3 aromatic rings. The van der Waals surface area contributed by atoms with E-state index in [2.05, 4.69) is 4.98 Å². The van der Waals surface area contributed by atoms with E-state index < -0.39 is 56.2 Å². The average Bonchev–Trinajstić information content (AvgIpc) is 3.33. The summed E-state index contributed by atoms with van der Waals surface area (Å²) < 4.78 is 61.9.